The average molecular weight is 288 g/mol. The molecule has 1 amide bonds. The SMILES string of the molecule is CCN(CC)C(=O)CNCC(O)COC(C)CC(C)C. The second kappa shape index (κ2) is 11.1. The van der Waals surface area contributed by atoms with Gasteiger partial charge in [0.15, 0.2) is 0 Å². The molecule has 0 aromatic heterocycles. The minimum Gasteiger partial charge on any atom is -0.389 e. The van der Waals surface area contributed by atoms with Crippen molar-refractivity contribution in [2.75, 3.05) is 32.8 Å². The van der Waals surface area contributed by atoms with Gasteiger partial charge in [0.05, 0.1) is 25.4 Å². The molecule has 0 aromatic carbocycles. The number of amides is 1. The van der Waals surface area contributed by atoms with E-state index in [0.717, 1.165) is 19.5 Å². The summed E-state index contributed by atoms with van der Waals surface area (Å²) >= 11 is 0. The first-order valence-corrected chi connectivity index (χ1v) is 7.68. The Morgan fingerprint density at radius 1 is 1.25 bits per heavy atom. The molecule has 20 heavy (non-hydrogen) atoms. The van der Waals surface area contributed by atoms with Crippen LogP contribution in [0.3, 0.4) is 0 Å². The first kappa shape index (κ1) is 19.4. The number of hydrogen-bond acceptors (Lipinski definition) is 4. The van der Waals surface area contributed by atoms with E-state index in [-0.39, 0.29) is 18.6 Å². The highest BCUT2D eigenvalue weighted by atomic mass is 16.5. The standard InChI is InChI=1S/C15H32N2O3/c1-6-17(7-2)15(19)10-16-9-14(18)11-20-13(5)8-12(3)4/h12-14,16,18H,6-11H2,1-5H3. The van der Waals surface area contributed by atoms with Crippen LogP contribution in [0.15, 0.2) is 0 Å². The highest BCUT2D eigenvalue weighted by Gasteiger charge is 2.12. The maximum absolute atomic E-state index is 11.7. The molecule has 0 aliphatic carbocycles. The number of likely N-dealkylation sites (N-methyl/N-ethyl adjacent to an activating group) is 1. The monoisotopic (exact) mass is 288 g/mol. The molecule has 0 saturated carbocycles. The second-order valence-electron chi connectivity index (χ2n) is 5.62. The lowest BCUT2D eigenvalue weighted by atomic mass is 10.1. The summed E-state index contributed by atoms with van der Waals surface area (Å²) in [6, 6.07) is 0. The fourth-order valence-electron chi connectivity index (χ4n) is 2.10. The Kier molecular flexibility index (Phi) is 10.7. The summed E-state index contributed by atoms with van der Waals surface area (Å²) in [6.45, 7) is 12.6. The summed E-state index contributed by atoms with van der Waals surface area (Å²) in [5, 5.41) is 12.8. The molecule has 120 valence electrons. The predicted molar refractivity (Wildman–Crippen MR) is 81.7 cm³/mol. The number of nitrogens with one attached hydrogen (secondary N) is 1. The molecule has 2 N–H and O–H groups in total. The topological polar surface area (TPSA) is 61.8 Å². The lowest BCUT2D eigenvalue weighted by molar-refractivity contribution is -0.129. The van der Waals surface area contributed by atoms with Crippen molar-refractivity contribution in [2.45, 2.75) is 53.2 Å². The van der Waals surface area contributed by atoms with Gasteiger partial charge in [0.25, 0.3) is 0 Å². The van der Waals surface area contributed by atoms with E-state index in [9.17, 15) is 9.90 Å². The molecule has 0 bridgehead atoms. The van der Waals surface area contributed by atoms with Crippen LogP contribution < -0.4 is 5.32 Å². The van der Waals surface area contributed by atoms with E-state index < -0.39 is 6.10 Å². The van der Waals surface area contributed by atoms with Gasteiger partial charge in [-0.05, 0) is 33.1 Å². The zero-order valence-corrected chi connectivity index (χ0v) is 13.7. The number of ether oxygens (including phenoxy) is 1. The second-order valence-corrected chi connectivity index (χ2v) is 5.62. The summed E-state index contributed by atoms with van der Waals surface area (Å²) in [4.78, 5) is 13.5. The molecule has 2 unspecified atom stereocenters. The summed E-state index contributed by atoms with van der Waals surface area (Å²) in [5.74, 6) is 0.656. The van der Waals surface area contributed by atoms with Crippen molar-refractivity contribution in [2.24, 2.45) is 5.92 Å². The molecule has 2 atom stereocenters. The molecular weight excluding hydrogens is 256 g/mol. The lowest BCUT2D eigenvalue weighted by Gasteiger charge is -2.20. The fraction of sp³-hybridized carbons (Fsp3) is 0.933. The quantitative estimate of drug-likeness (QED) is 0.601. The van der Waals surface area contributed by atoms with Crippen molar-refractivity contribution in [3.05, 3.63) is 0 Å². The van der Waals surface area contributed by atoms with Gasteiger partial charge in [-0.3, -0.25) is 4.79 Å². The van der Waals surface area contributed by atoms with Crippen molar-refractivity contribution in [3.63, 3.8) is 0 Å². The van der Waals surface area contributed by atoms with Gasteiger partial charge in [-0.25, -0.2) is 0 Å². The summed E-state index contributed by atoms with van der Waals surface area (Å²) < 4.78 is 5.58. The molecule has 5 nitrogen and oxygen atoms in total. The van der Waals surface area contributed by atoms with Crippen molar-refractivity contribution in [1.29, 1.82) is 0 Å². The third kappa shape index (κ3) is 9.28. The number of hydrogen-bond donors (Lipinski definition) is 2. The Balaban J connectivity index is 3.73. The van der Waals surface area contributed by atoms with E-state index >= 15 is 0 Å². The van der Waals surface area contributed by atoms with Gasteiger partial charge in [0.2, 0.25) is 5.91 Å². The van der Waals surface area contributed by atoms with Crippen LogP contribution in [0.5, 0.6) is 0 Å². The molecule has 0 spiro atoms. The lowest BCUT2D eigenvalue weighted by Crippen LogP contribution is -2.41. The molecule has 0 heterocycles. The Morgan fingerprint density at radius 3 is 2.35 bits per heavy atom. The van der Waals surface area contributed by atoms with Gasteiger partial charge in [0, 0.05) is 19.6 Å². The van der Waals surface area contributed by atoms with Gasteiger partial charge < -0.3 is 20.1 Å². The maximum atomic E-state index is 11.7. The maximum Gasteiger partial charge on any atom is 0.236 e. The van der Waals surface area contributed by atoms with E-state index in [1.807, 2.05) is 20.8 Å². The van der Waals surface area contributed by atoms with E-state index in [0.29, 0.717) is 19.1 Å². The van der Waals surface area contributed by atoms with E-state index in [1.165, 1.54) is 0 Å². The van der Waals surface area contributed by atoms with Crippen molar-refractivity contribution < 1.29 is 14.6 Å². The molecule has 5 heteroatoms. The van der Waals surface area contributed by atoms with Crippen LogP contribution in [-0.4, -0.2) is 60.9 Å². The summed E-state index contributed by atoms with van der Waals surface area (Å²) in [5.41, 5.74) is 0. The smallest absolute Gasteiger partial charge is 0.236 e. The van der Waals surface area contributed by atoms with Gasteiger partial charge in [0.1, 0.15) is 0 Å². The summed E-state index contributed by atoms with van der Waals surface area (Å²) in [6.07, 6.45) is 0.566. The van der Waals surface area contributed by atoms with E-state index in [4.69, 9.17) is 4.74 Å². The molecule has 0 aromatic rings. The number of carbonyl (C=O) groups excluding carboxylic acids is 1. The highest BCUT2D eigenvalue weighted by molar-refractivity contribution is 5.78. The third-order valence-electron chi connectivity index (χ3n) is 3.15. The number of rotatable bonds is 11. The Bertz CT molecular complexity index is 256. The van der Waals surface area contributed by atoms with Crippen LogP contribution >= 0.6 is 0 Å². The molecule has 0 fully saturated rings. The van der Waals surface area contributed by atoms with Gasteiger partial charge >= 0.3 is 0 Å². The minimum atomic E-state index is -0.575. The van der Waals surface area contributed by atoms with E-state index in [2.05, 4.69) is 19.2 Å². The van der Waals surface area contributed by atoms with Crippen LogP contribution in [0.25, 0.3) is 0 Å². The van der Waals surface area contributed by atoms with Crippen LogP contribution in [0.1, 0.15) is 41.0 Å². The van der Waals surface area contributed by atoms with Gasteiger partial charge in [-0.15, -0.1) is 0 Å². The zero-order chi connectivity index (χ0) is 15.5. The number of aliphatic hydroxyl groups excluding tert-OH is 1. The minimum absolute atomic E-state index is 0.0660. The zero-order valence-electron chi connectivity index (χ0n) is 13.7. The molecule has 0 saturated heterocycles. The predicted octanol–water partition coefficient (Wildman–Crippen LogP) is 1.26. The molecule has 0 rings (SSSR count). The largest absolute Gasteiger partial charge is 0.389 e. The van der Waals surface area contributed by atoms with Crippen molar-refractivity contribution in [1.82, 2.24) is 10.2 Å². The first-order chi connectivity index (χ1) is 9.40. The van der Waals surface area contributed by atoms with Gasteiger partial charge in [-0.1, -0.05) is 13.8 Å². The summed E-state index contributed by atoms with van der Waals surface area (Å²) in [7, 11) is 0. The molecular formula is C15H32N2O3. The third-order valence-corrected chi connectivity index (χ3v) is 3.15. The molecule has 0 radical (unpaired) electrons. The van der Waals surface area contributed by atoms with Crippen LogP contribution in [0.2, 0.25) is 0 Å². The average Bonchev–Trinajstić information content (AvgIpc) is 2.37. The Morgan fingerprint density at radius 2 is 1.85 bits per heavy atom. The van der Waals surface area contributed by atoms with Gasteiger partial charge in [-0.2, -0.15) is 0 Å². The molecule has 0 aliphatic rings. The number of nitrogens with zero attached hydrogens (tertiary/aromatic N) is 1. The van der Waals surface area contributed by atoms with Crippen LogP contribution in [0, 0.1) is 5.92 Å². The van der Waals surface area contributed by atoms with Crippen molar-refractivity contribution >= 4 is 5.91 Å². The van der Waals surface area contributed by atoms with Crippen LogP contribution in [-0.2, 0) is 9.53 Å². The Labute approximate surface area is 123 Å². The fourth-order valence-corrected chi connectivity index (χ4v) is 2.10. The van der Waals surface area contributed by atoms with E-state index in [1.54, 1.807) is 4.90 Å². The highest BCUT2D eigenvalue weighted by Crippen LogP contribution is 2.07. The normalized spacial score (nSPS) is 14.3. The number of aliphatic hydroxyl groups is 1. The van der Waals surface area contributed by atoms with Crippen molar-refractivity contribution in [3.8, 4) is 0 Å². The first-order valence-electron chi connectivity index (χ1n) is 7.68. The number of carbonyl (C=O) groups is 1. The molecule has 0 aliphatic heterocycles. The van der Waals surface area contributed by atoms with Crippen LogP contribution in [0.4, 0.5) is 0 Å². The Hall–Kier alpha value is -0.650.